The minimum Gasteiger partial charge on any atom is -0.480 e. The zero-order valence-corrected chi connectivity index (χ0v) is 13.4. The number of amides is 2. The summed E-state index contributed by atoms with van der Waals surface area (Å²) in [5, 5.41) is 2.52. The van der Waals surface area contributed by atoms with Crippen LogP contribution in [-0.2, 0) is 9.59 Å². The molecule has 2 amide bonds. The van der Waals surface area contributed by atoms with Crippen LogP contribution in [0.1, 0.15) is 13.3 Å². The second-order valence-electron chi connectivity index (χ2n) is 4.37. The summed E-state index contributed by atoms with van der Waals surface area (Å²) < 4.78 is 6.42. The van der Waals surface area contributed by atoms with E-state index in [4.69, 9.17) is 4.74 Å². The SMILES string of the molecule is CNC(=O)CCN(C)C(=O)[C@@H](C)Oc1ccccc1Br. The highest BCUT2D eigenvalue weighted by molar-refractivity contribution is 9.10. The van der Waals surface area contributed by atoms with Crippen molar-refractivity contribution in [3.8, 4) is 5.75 Å². The third-order valence-corrected chi connectivity index (χ3v) is 3.47. The van der Waals surface area contributed by atoms with E-state index >= 15 is 0 Å². The number of para-hydroxylation sites is 1. The summed E-state index contributed by atoms with van der Waals surface area (Å²) in [6, 6.07) is 7.35. The minimum atomic E-state index is -0.608. The van der Waals surface area contributed by atoms with Crippen molar-refractivity contribution in [2.75, 3.05) is 20.6 Å². The Balaban J connectivity index is 2.54. The van der Waals surface area contributed by atoms with Crippen molar-refractivity contribution in [2.24, 2.45) is 0 Å². The van der Waals surface area contributed by atoms with Crippen molar-refractivity contribution in [3.63, 3.8) is 0 Å². The molecule has 5 nitrogen and oxygen atoms in total. The van der Waals surface area contributed by atoms with Crippen LogP contribution in [0.2, 0.25) is 0 Å². The van der Waals surface area contributed by atoms with Crippen LogP contribution in [0.5, 0.6) is 5.75 Å². The molecule has 1 aromatic rings. The highest BCUT2D eigenvalue weighted by Gasteiger charge is 2.20. The fourth-order valence-corrected chi connectivity index (χ4v) is 1.97. The number of nitrogens with one attached hydrogen (secondary N) is 1. The number of likely N-dealkylation sites (N-methyl/N-ethyl adjacent to an activating group) is 1. The van der Waals surface area contributed by atoms with Gasteiger partial charge in [-0.2, -0.15) is 0 Å². The molecule has 1 aromatic carbocycles. The van der Waals surface area contributed by atoms with Crippen LogP contribution in [0.25, 0.3) is 0 Å². The highest BCUT2D eigenvalue weighted by Crippen LogP contribution is 2.25. The molecule has 0 aliphatic heterocycles. The Morgan fingerprint density at radius 2 is 2.05 bits per heavy atom. The Bertz CT molecular complexity index is 479. The number of hydrogen-bond donors (Lipinski definition) is 1. The molecule has 0 heterocycles. The van der Waals surface area contributed by atoms with Crippen LogP contribution >= 0.6 is 15.9 Å². The highest BCUT2D eigenvalue weighted by atomic mass is 79.9. The predicted octanol–water partition coefficient (Wildman–Crippen LogP) is 1.81. The van der Waals surface area contributed by atoms with Crippen LogP contribution in [0.4, 0.5) is 0 Å². The van der Waals surface area contributed by atoms with E-state index in [0.29, 0.717) is 12.3 Å². The van der Waals surface area contributed by atoms with Gasteiger partial charge in [0.25, 0.3) is 5.91 Å². The van der Waals surface area contributed by atoms with E-state index in [1.54, 1.807) is 27.1 Å². The molecule has 1 N–H and O–H groups in total. The van der Waals surface area contributed by atoms with Crippen molar-refractivity contribution >= 4 is 27.7 Å². The van der Waals surface area contributed by atoms with Crippen molar-refractivity contribution in [1.29, 1.82) is 0 Å². The number of benzene rings is 1. The third kappa shape index (κ3) is 4.85. The largest absolute Gasteiger partial charge is 0.480 e. The lowest BCUT2D eigenvalue weighted by Gasteiger charge is -2.22. The maximum atomic E-state index is 12.1. The molecule has 0 aliphatic carbocycles. The molecule has 0 aromatic heterocycles. The average Bonchev–Trinajstić information content (AvgIpc) is 2.45. The van der Waals surface area contributed by atoms with Gasteiger partial charge in [0.05, 0.1) is 4.47 Å². The first kappa shape index (κ1) is 16.5. The van der Waals surface area contributed by atoms with Gasteiger partial charge in [-0.05, 0) is 35.0 Å². The summed E-state index contributed by atoms with van der Waals surface area (Å²) in [5.41, 5.74) is 0. The van der Waals surface area contributed by atoms with E-state index in [1.807, 2.05) is 18.2 Å². The van der Waals surface area contributed by atoms with Gasteiger partial charge in [0, 0.05) is 27.1 Å². The summed E-state index contributed by atoms with van der Waals surface area (Å²) >= 11 is 3.37. The van der Waals surface area contributed by atoms with Gasteiger partial charge < -0.3 is 15.0 Å². The second kappa shape index (κ2) is 7.89. The van der Waals surface area contributed by atoms with Crippen molar-refractivity contribution < 1.29 is 14.3 Å². The molecule has 0 saturated heterocycles. The van der Waals surface area contributed by atoms with Gasteiger partial charge in [-0.1, -0.05) is 12.1 Å². The molecule has 1 atom stereocenters. The molecule has 6 heteroatoms. The molecule has 20 heavy (non-hydrogen) atoms. The Kier molecular flexibility index (Phi) is 6.51. The third-order valence-electron chi connectivity index (χ3n) is 2.82. The molecule has 0 aliphatic rings. The number of rotatable bonds is 6. The number of nitrogens with zero attached hydrogens (tertiary/aromatic N) is 1. The van der Waals surface area contributed by atoms with Crippen LogP contribution in [0.15, 0.2) is 28.7 Å². The molecule has 0 radical (unpaired) electrons. The van der Waals surface area contributed by atoms with Gasteiger partial charge in [0.2, 0.25) is 5.91 Å². The Morgan fingerprint density at radius 1 is 1.40 bits per heavy atom. The van der Waals surface area contributed by atoms with E-state index < -0.39 is 6.10 Å². The Morgan fingerprint density at radius 3 is 2.65 bits per heavy atom. The Labute approximate surface area is 127 Å². The molecule has 0 saturated carbocycles. The van der Waals surface area contributed by atoms with Crippen LogP contribution in [-0.4, -0.2) is 43.5 Å². The van der Waals surface area contributed by atoms with E-state index in [2.05, 4.69) is 21.2 Å². The molecule has 0 spiro atoms. The smallest absolute Gasteiger partial charge is 0.263 e. The quantitative estimate of drug-likeness (QED) is 0.857. The summed E-state index contributed by atoms with van der Waals surface area (Å²) in [6.45, 7) is 2.06. The molecule has 0 fully saturated rings. The minimum absolute atomic E-state index is 0.0935. The zero-order chi connectivity index (χ0) is 15.1. The summed E-state index contributed by atoms with van der Waals surface area (Å²) in [4.78, 5) is 24.8. The fourth-order valence-electron chi connectivity index (χ4n) is 1.60. The first-order valence-electron chi connectivity index (χ1n) is 6.32. The molecule has 110 valence electrons. The van der Waals surface area contributed by atoms with E-state index in [9.17, 15) is 9.59 Å². The van der Waals surface area contributed by atoms with E-state index in [1.165, 1.54) is 4.90 Å². The number of ether oxygens (including phenoxy) is 1. The number of carbonyl (C=O) groups excluding carboxylic acids is 2. The van der Waals surface area contributed by atoms with Gasteiger partial charge in [-0.3, -0.25) is 9.59 Å². The van der Waals surface area contributed by atoms with Gasteiger partial charge in [-0.15, -0.1) is 0 Å². The zero-order valence-electron chi connectivity index (χ0n) is 11.9. The first-order chi connectivity index (χ1) is 9.45. The Hall–Kier alpha value is -1.56. The lowest BCUT2D eigenvalue weighted by Crippen LogP contribution is -2.39. The lowest BCUT2D eigenvalue weighted by atomic mass is 10.3. The number of halogens is 1. The monoisotopic (exact) mass is 342 g/mol. The normalized spacial score (nSPS) is 11.6. The predicted molar refractivity (Wildman–Crippen MR) is 80.6 cm³/mol. The summed E-state index contributed by atoms with van der Waals surface area (Å²) in [7, 11) is 3.23. The van der Waals surface area contributed by atoms with Gasteiger partial charge in [0.15, 0.2) is 6.10 Å². The topological polar surface area (TPSA) is 58.6 Å². The van der Waals surface area contributed by atoms with Crippen LogP contribution in [0, 0.1) is 0 Å². The maximum absolute atomic E-state index is 12.1. The van der Waals surface area contributed by atoms with Crippen molar-refractivity contribution in [2.45, 2.75) is 19.4 Å². The molecule has 0 unspecified atom stereocenters. The molecule has 1 rings (SSSR count). The lowest BCUT2D eigenvalue weighted by molar-refractivity contribution is -0.137. The number of hydrogen-bond acceptors (Lipinski definition) is 3. The first-order valence-corrected chi connectivity index (χ1v) is 7.11. The molecular formula is C14H19BrN2O3. The summed E-state index contributed by atoms with van der Waals surface area (Å²) in [6.07, 6.45) is -0.330. The van der Waals surface area contributed by atoms with Crippen molar-refractivity contribution in [3.05, 3.63) is 28.7 Å². The van der Waals surface area contributed by atoms with Gasteiger partial charge in [-0.25, -0.2) is 0 Å². The van der Waals surface area contributed by atoms with Crippen LogP contribution < -0.4 is 10.1 Å². The summed E-state index contributed by atoms with van der Waals surface area (Å²) in [5.74, 6) is 0.363. The standard InChI is InChI=1S/C14H19BrN2O3/c1-10(20-12-7-5-4-6-11(12)15)14(19)17(3)9-8-13(18)16-2/h4-7,10H,8-9H2,1-3H3,(H,16,18)/t10-/m1/s1. The molecule has 0 bridgehead atoms. The maximum Gasteiger partial charge on any atom is 0.263 e. The van der Waals surface area contributed by atoms with Crippen molar-refractivity contribution in [1.82, 2.24) is 10.2 Å². The van der Waals surface area contributed by atoms with E-state index in [0.717, 1.165) is 4.47 Å². The molecular weight excluding hydrogens is 324 g/mol. The second-order valence-corrected chi connectivity index (χ2v) is 5.23. The fraction of sp³-hybridized carbons (Fsp3) is 0.429. The van der Waals surface area contributed by atoms with Gasteiger partial charge >= 0.3 is 0 Å². The average molecular weight is 343 g/mol. The number of carbonyl (C=O) groups is 2. The van der Waals surface area contributed by atoms with Crippen LogP contribution in [0.3, 0.4) is 0 Å². The van der Waals surface area contributed by atoms with E-state index in [-0.39, 0.29) is 18.2 Å². The van der Waals surface area contributed by atoms with Gasteiger partial charge in [0.1, 0.15) is 5.75 Å².